The fourth-order valence-corrected chi connectivity index (χ4v) is 4.86. The number of amides is 1. The van der Waals surface area contributed by atoms with Crippen LogP contribution in [0.5, 0.6) is 0 Å². The lowest BCUT2D eigenvalue weighted by molar-refractivity contribution is -0.120. The molecule has 0 saturated carbocycles. The van der Waals surface area contributed by atoms with E-state index in [1.807, 2.05) is 41.9 Å². The molecule has 0 aliphatic heterocycles. The highest BCUT2D eigenvalue weighted by Crippen LogP contribution is 2.30. The van der Waals surface area contributed by atoms with Gasteiger partial charge in [0.25, 0.3) is 0 Å². The van der Waals surface area contributed by atoms with Crippen molar-refractivity contribution in [1.82, 2.24) is 15.3 Å². The van der Waals surface area contributed by atoms with Crippen LogP contribution in [0.1, 0.15) is 22.7 Å². The highest BCUT2D eigenvalue weighted by molar-refractivity contribution is 7.13. The molecule has 6 heteroatoms. The van der Waals surface area contributed by atoms with Crippen LogP contribution < -0.4 is 5.32 Å². The van der Waals surface area contributed by atoms with E-state index in [4.69, 9.17) is 0 Å². The molecule has 1 atom stereocenters. The largest absolute Gasteiger partial charge is 0.361 e. The molecule has 0 fully saturated rings. The maximum atomic E-state index is 13.2. The first-order valence-electron chi connectivity index (χ1n) is 10.8. The van der Waals surface area contributed by atoms with E-state index < -0.39 is 0 Å². The summed E-state index contributed by atoms with van der Waals surface area (Å²) < 4.78 is 13.2. The number of nitrogens with zero attached hydrogens (tertiary/aromatic N) is 1. The van der Waals surface area contributed by atoms with Crippen molar-refractivity contribution >= 4 is 28.1 Å². The van der Waals surface area contributed by atoms with Gasteiger partial charge < -0.3 is 10.3 Å². The summed E-state index contributed by atoms with van der Waals surface area (Å²) >= 11 is 1.45. The summed E-state index contributed by atoms with van der Waals surface area (Å²) in [6, 6.07) is 24.6. The molecule has 2 heterocycles. The van der Waals surface area contributed by atoms with Gasteiger partial charge >= 0.3 is 0 Å². The average Bonchev–Trinajstić information content (AvgIpc) is 3.48. The second-order valence-corrected chi connectivity index (χ2v) is 8.74. The number of H-pyrrole nitrogens is 1. The van der Waals surface area contributed by atoms with Gasteiger partial charge in [0.05, 0.1) is 12.1 Å². The van der Waals surface area contributed by atoms with Crippen LogP contribution in [0.3, 0.4) is 0 Å². The Morgan fingerprint density at radius 3 is 2.58 bits per heavy atom. The zero-order valence-electron chi connectivity index (χ0n) is 17.8. The van der Waals surface area contributed by atoms with E-state index in [1.165, 1.54) is 23.5 Å². The van der Waals surface area contributed by atoms with E-state index in [0.717, 1.165) is 32.6 Å². The zero-order valence-corrected chi connectivity index (χ0v) is 18.6. The lowest BCUT2D eigenvalue weighted by Crippen LogP contribution is -2.30. The van der Waals surface area contributed by atoms with Gasteiger partial charge in [0, 0.05) is 40.5 Å². The molecule has 0 unspecified atom stereocenters. The number of para-hydroxylation sites is 1. The van der Waals surface area contributed by atoms with E-state index in [2.05, 4.69) is 39.6 Å². The fraction of sp³-hybridized carbons (Fsp3) is 0.111. The van der Waals surface area contributed by atoms with Crippen LogP contribution >= 0.6 is 11.3 Å². The second-order valence-electron chi connectivity index (χ2n) is 7.88. The SMILES string of the molecule is O=C(Cc1csc(-c2ccc(F)cc2)n1)NC[C@@H](c1ccccc1)c1c[nH]c2ccccc12. The number of hydrogen-bond acceptors (Lipinski definition) is 3. The maximum Gasteiger partial charge on any atom is 0.226 e. The molecule has 0 aliphatic rings. The quantitative estimate of drug-likeness (QED) is 0.320. The van der Waals surface area contributed by atoms with E-state index in [-0.39, 0.29) is 24.1 Å². The third-order valence-corrected chi connectivity index (χ3v) is 6.63. The maximum absolute atomic E-state index is 13.2. The van der Waals surface area contributed by atoms with Crippen molar-refractivity contribution in [2.45, 2.75) is 12.3 Å². The number of halogens is 1. The van der Waals surface area contributed by atoms with E-state index in [1.54, 1.807) is 12.1 Å². The van der Waals surface area contributed by atoms with Gasteiger partial charge in [-0.15, -0.1) is 11.3 Å². The second kappa shape index (κ2) is 9.38. The minimum atomic E-state index is -0.280. The first-order valence-corrected chi connectivity index (χ1v) is 11.6. The van der Waals surface area contributed by atoms with Crippen LogP contribution in [-0.2, 0) is 11.2 Å². The fourth-order valence-electron chi connectivity index (χ4n) is 4.03. The Kier molecular flexibility index (Phi) is 6.00. The molecule has 0 aliphatic carbocycles. The van der Waals surface area contributed by atoms with Gasteiger partial charge in [-0.2, -0.15) is 0 Å². The Morgan fingerprint density at radius 1 is 1.00 bits per heavy atom. The van der Waals surface area contributed by atoms with Crippen LogP contribution in [0.4, 0.5) is 4.39 Å². The normalized spacial score (nSPS) is 12.0. The third kappa shape index (κ3) is 4.71. The van der Waals surface area contributed by atoms with Crippen molar-refractivity contribution < 1.29 is 9.18 Å². The van der Waals surface area contributed by atoms with Gasteiger partial charge in [-0.25, -0.2) is 9.37 Å². The summed E-state index contributed by atoms with van der Waals surface area (Å²) in [7, 11) is 0. The smallest absolute Gasteiger partial charge is 0.226 e. The van der Waals surface area contributed by atoms with Crippen LogP contribution in [0.2, 0.25) is 0 Å². The minimum Gasteiger partial charge on any atom is -0.361 e. The molecule has 0 spiro atoms. The number of thiazole rings is 1. The predicted molar refractivity (Wildman–Crippen MR) is 131 cm³/mol. The number of rotatable bonds is 7. The Bertz CT molecular complexity index is 1380. The summed E-state index contributed by atoms with van der Waals surface area (Å²) in [4.78, 5) is 20.7. The van der Waals surface area contributed by atoms with Gasteiger partial charge in [-0.3, -0.25) is 4.79 Å². The first-order chi connectivity index (χ1) is 16.2. The summed E-state index contributed by atoms with van der Waals surface area (Å²) in [5.74, 6) is -0.332. The molecule has 0 radical (unpaired) electrons. The third-order valence-electron chi connectivity index (χ3n) is 5.69. The summed E-state index contributed by atoms with van der Waals surface area (Å²) in [5, 5.41) is 6.92. The summed E-state index contributed by atoms with van der Waals surface area (Å²) in [5.41, 5.74) is 4.94. The number of benzene rings is 3. The molecule has 2 N–H and O–H groups in total. The number of fused-ring (bicyclic) bond motifs is 1. The molecule has 2 aromatic heterocycles. The van der Waals surface area contributed by atoms with Crippen LogP contribution in [0.25, 0.3) is 21.5 Å². The predicted octanol–water partition coefficient (Wildman–Crippen LogP) is 5.92. The minimum absolute atomic E-state index is 0.0245. The van der Waals surface area contributed by atoms with Crippen molar-refractivity contribution in [2.75, 3.05) is 6.54 Å². The van der Waals surface area contributed by atoms with Crippen molar-refractivity contribution in [3.63, 3.8) is 0 Å². The molecule has 5 aromatic rings. The van der Waals surface area contributed by atoms with Crippen LogP contribution in [0, 0.1) is 5.82 Å². The molecule has 33 heavy (non-hydrogen) atoms. The van der Waals surface area contributed by atoms with Gasteiger partial charge in [-0.05, 0) is 41.5 Å². The molecule has 3 aromatic carbocycles. The van der Waals surface area contributed by atoms with Gasteiger partial charge in [0.1, 0.15) is 10.8 Å². The topological polar surface area (TPSA) is 57.8 Å². The lowest BCUT2D eigenvalue weighted by Gasteiger charge is -2.18. The average molecular weight is 456 g/mol. The van der Waals surface area contributed by atoms with Gasteiger partial charge in [0.2, 0.25) is 5.91 Å². The van der Waals surface area contributed by atoms with Crippen molar-refractivity contribution in [3.8, 4) is 10.6 Å². The lowest BCUT2D eigenvalue weighted by atomic mass is 9.91. The van der Waals surface area contributed by atoms with Crippen LogP contribution in [0.15, 0.2) is 90.4 Å². The Labute approximate surface area is 195 Å². The standard InChI is InChI=1S/C27H22FN3OS/c28-20-12-10-19(11-13-20)27-31-21(17-33-27)14-26(32)30-15-23(18-6-2-1-3-7-18)24-16-29-25-9-5-4-8-22(24)25/h1-13,16-17,23,29H,14-15H2,(H,30,32)/t23-/m0/s1. The first kappa shape index (κ1) is 21.1. The Balaban J connectivity index is 1.31. The molecule has 5 rings (SSSR count). The highest BCUT2D eigenvalue weighted by atomic mass is 32.1. The van der Waals surface area contributed by atoms with Crippen molar-refractivity contribution in [3.05, 3.63) is 113 Å². The number of aromatic amines is 1. The monoisotopic (exact) mass is 455 g/mol. The van der Waals surface area contributed by atoms with E-state index in [0.29, 0.717) is 12.2 Å². The molecule has 164 valence electrons. The van der Waals surface area contributed by atoms with Gasteiger partial charge in [-0.1, -0.05) is 48.5 Å². The van der Waals surface area contributed by atoms with Gasteiger partial charge in [0.15, 0.2) is 0 Å². The molecular weight excluding hydrogens is 433 g/mol. The molecule has 4 nitrogen and oxygen atoms in total. The van der Waals surface area contributed by atoms with Crippen LogP contribution in [-0.4, -0.2) is 22.4 Å². The summed E-state index contributed by atoms with van der Waals surface area (Å²) in [6.45, 7) is 0.486. The Morgan fingerprint density at radius 2 is 1.76 bits per heavy atom. The molecular formula is C27H22FN3OS. The molecule has 1 amide bonds. The number of aromatic nitrogens is 2. The van der Waals surface area contributed by atoms with E-state index >= 15 is 0 Å². The summed E-state index contributed by atoms with van der Waals surface area (Å²) in [6.07, 6.45) is 2.23. The van der Waals surface area contributed by atoms with E-state index in [9.17, 15) is 9.18 Å². The number of carbonyl (C=O) groups excluding carboxylic acids is 1. The number of hydrogen-bond donors (Lipinski definition) is 2. The van der Waals surface area contributed by atoms with Crippen molar-refractivity contribution in [2.24, 2.45) is 0 Å². The highest BCUT2D eigenvalue weighted by Gasteiger charge is 2.19. The number of carbonyl (C=O) groups is 1. The zero-order chi connectivity index (χ0) is 22.6. The number of nitrogens with one attached hydrogen (secondary N) is 2. The molecule has 0 bridgehead atoms. The molecule has 0 saturated heterocycles. The van der Waals surface area contributed by atoms with Crippen molar-refractivity contribution in [1.29, 1.82) is 0 Å². The Hall–Kier alpha value is -3.77.